The summed E-state index contributed by atoms with van der Waals surface area (Å²) in [5.41, 5.74) is 2.30. The van der Waals surface area contributed by atoms with E-state index >= 15 is 0 Å². The minimum absolute atomic E-state index is 0. The first-order valence-corrected chi connectivity index (χ1v) is 11.1. The van der Waals surface area contributed by atoms with Crippen LogP contribution in [0.3, 0.4) is 0 Å². The van der Waals surface area contributed by atoms with E-state index in [0.29, 0.717) is 43.1 Å². The number of benzene rings is 2. The van der Waals surface area contributed by atoms with Crippen molar-refractivity contribution in [3.8, 4) is 5.75 Å². The first kappa shape index (κ1) is 26.7. The fourth-order valence-corrected chi connectivity index (χ4v) is 3.84. The van der Waals surface area contributed by atoms with Gasteiger partial charge in [0, 0.05) is 39.7 Å². The number of ether oxygens (including phenoxy) is 3. The third kappa shape index (κ3) is 8.10. The maximum absolute atomic E-state index is 6.21. The van der Waals surface area contributed by atoms with Gasteiger partial charge in [-0.25, -0.2) is 0 Å². The fourth-order valence-electron chi connectivity index (χ4n) is 3.65. The van der Waals surface area contributed by atoms with Crippen LogP contribution in [-0.4, -0.2) is 57.9 Å². The standard InChI is InChI=1S/C24H32ClN3O3.HI/c1-26-24(28-12-11-19(16-28)17-30-14-13-29-2)27-15-20-7-3-4-8-21(20)18-31-23-10-6-5-9-22(23)25;/h3-10,19H,11-18H2,1-2H3,(H,26,27);1H. The average Bonchev–Trinajstić information content (AvgIpc) is 3.26. The van der Waals surface area contributed by atoms with Crippen LogP contribution >= 0.6 is 35.6 Å². The molecular weight excluding hydrogens is 541 g/mol. The summed E-state index contributed by atoms with van der Waals surface area (Å²) >= 11 is 6.21. The third-order valence-corrected chi connectivity index (χ3v) is 5.67. The molecule has 0 spiro atoms. The van der Waals surface area contributed by atoms with Gasteiger partial charge < -0.3 is 24.4 Å². The first-order chi connectivity index (χ1) is 15.2. The van der Waals surface area contributed by atoms with Gasteiger partial charge in [-0.1, -0.05) is 48.0 Å². The van der Waals surface area contributed by atoms with E-state index in [2.05, 4.69) is 27.3 Å². The minimum atomic E-state index is 0. The Balaban J connectivity index is 0.00000363. The summed E-state index contributed by atoms with van der Waals surface area (Å²) in [4.78, 5) is 6.78. The zero-order valence-electron chi connectivity index (χ0n) is 18.8. The smallest absolute Gasteiger partial charge is 0.193 e. The van der Waals surface area contributed by atoms with E-state index < -0.39 is 0 Å². The van der Waals surface area contributed by atoms with Gasteiger partial charge in [0.25, 0.3) is 0 Å². The molecule has 2 aromatic rings. The van der Waals surface area contributed by atoms with Crippen molar-refractivity contribution in [1.29, 1.82) is 0 Å². The Morgan fingerprint density at radius 3 is 2.62 bits per heavy atom. The lowest BCUT2D eigenvalue weighted by Crippen LogP contribution is -2.40. The van der Waals surface area contributed by atoms with Crippen LogP contribution in [0.25, 0.3) is 0 Å². The van der Waals surface area contributed by atoms with Crippen LogP contribution in [-0.2, 0) is 22.6 Å². The lowest BCUT2D eigenvalue weighted by molar-refractivity contribution is 0.0536. The highest BCUT2D eigenvalue weighted by molar-refractivity contribution is 14.0. The van der Waals surface area contributed by atoms with Gasteiger partial charge in [0.1, 0.15) is 12.4 Å². The molecule has 1 fully saturated rings. The lowest BCUT2D eigenvalue weighted by Gasteiger charge is -2.22. The topological polar surface area (TPSA) is 55.3 Å². The Morgan fingerprint density at radius 2 is 1.88 bits per heavy atom. The Kier molecular flexibility index (Phi) is 12.2. The molecule has 1 aliphatic rings. The molecule has 0 bridgehead atoms. The predicted molar refractivity (Wildman–Crippen MR) is 140 cm³/mol. The Bertz CT molecular complexity index is 853. The molecule has 1 N–H and O–H groups in total. The number of halogens is 2. The molecule has 1 atom stereocenters. The van der Waals surface area contributed by atoms with Gasteiger partial charge in [0.2, 0.25) is 0 Å². The number of rotatable bonds is 10. The molecule has 0 aliphatic carbocycles. The van der Waals surface area contributed by atoms with Crippen LogP contribution < -0.4 is 10.1 Å². The number of guanidine groups is 1. The van der Waals surface area contributed by atoms with Crippen molar-refractivity contribution in [3.05, 3.63) is 64.7 Å². The van der Waals surface area contributed by atoms with Crippen molar-refractivity contribution in [2.75, 3.05) is 47.1 Å². The highest BCUT2D eigenvalue weighted by Gasteiger charge is 2.25. The molecule has 2 aromatic carbocycles. The molecule has 8 heteroatoms. The average molecular weight is 574 g/mol. The van der Waals surface area contributed by atoms with E-state index in [9.17, 15) is 0 Å². The molecule has 3 rings (SSSR count). The van der Waals surface area contributed by atoms with Gasteiger partial charge in [-0.2, -0.15) is 0 Å². The number of aliphatic imine (C=N–C) groups is 1. The second-order valence-corrected chi connectivity index (χ2v) is 7.96. The van der Waals surface area contributed by atoms with Gasteiger partial charge in [-0.05, 0) is 29.7 Å². The number of nitrogens with one attached hydrogen (secondary N) is 1. The second kappa shape index (κ2) is 14.6. The molecule has 0 aromatic heterocycles. The van der Waals surface area contributed by atoms with E-state index in [4.69, 9.17) is 25.8 Å². The van der Waals surface area contributed by atoms with Gasteiger partial charge in [0.15, 0.2) is 5.96 Å². The number of likely N-dealkylation sites (tertiary alicyclic amines) is 1. The van der Waals surface area contributed by atoms with E-state index in [0.717, 1.165) is 37.6 Å². The van der Waals surface area contributed by atoms with Crippen molar-refractivity contribution >= 4 is 41.5 Å². The van der Waals surface area contributed by atoms with Crippen LogP contribution in [0.4, 0.5) is 0 Å². The summed E-state index contributed by atoms with van der Waals surface area (Å²) in [6, 6.07) is 15.8. The molecule has 32 heavy (non-hydrogen) atoms. The van der Waals surface area contributed by atoms with Crippen LogP contribution in [0.15, 0.2) is 53.5 Å². The quantitative estimate of drug-likeness (QED) is 0.195. The molecular formula is C24H33ClIN3O3. The normalized spacial score (nSPS) is 16.0. The van der Waals surface area contributed by atoms with Crippen molar-refractivity contribution in [3.63, 3.8) is 0 Å². The maximum atomic E-state index is 6.21. The van der Waals surface area contributed by atoms with Gasteiger partial charge in [-0.15, -0.1) is 24.0 Å². The van der Waals surface area contributed by atoms with Gasteiger partial charge >= 0.3 is 0 Å². The molecule has 176 valence electrons. The third-order valence-electron chi connectivity index (χ3n) is 5.36. The Morgan fingerprint density at radius 1 is 1.12 bits per heavy atom. The van der Waals surface area contributed by atoms with Crippen molar-refractivity contribution in [2.45, 2.75) is 19.6 Å². The largest absolute Gasteiger partial charge is 0.487 e. The van der Waals surface area contributed by atoms with Crippen LogP contribution in [0.2, 0.25) is 5.02 Å². The molecule has 1 saturated heterocycles. The van der Waals surface area contributed by atoms with E-state index in [1.165, 1.54) is 5.56 Å². The molecule has 0 amide bonds. The summed E-state index contributed by atoms with van der Waals surface area (Å²) < 4.78 is 16.7. The molecule has 1 aliphatic heterocycles. The summed E-state index contributed by atoms with van der Waals surface area (Å²) in [7, 11) is 3.52. The fraction of sp³-hybridized carbons (Fsp3) is 0.458. The van der Waals surface area contributed by atoms with Crippen LogP contribution in [0.5, 0.6) is 5.75 Å². The van der Waals surface area contributed by atoms with E-state index in [1.54, 1.807) is 7.11 Å². The summed E-state index contributed by atoms with van der Waals surface area (Å²) in [5, 5.41) is 4.13. The van der Waals surface area contributed by atoms with Gasteiger partial charge in [0.05, 0.1) is 24.8 Å². The maximum Gasteiger partial charge on any atom is 0.193 e. The zero-order chi connectivity index (χ0) is 21.9. The Hall–Kier alpha value is -1.55. The Labute approximate surface area is 213 Å². The summed E-state index contributed by atoms with van der Waals surface area (Å²) in [5.74, 6) is 2.13. The lowest BCUT2D eigenvalue weighted by atomic mass is 10.1. The monoisotopic (exact) mass is 573 g/mol. The highest BCUT2D eigenvalue weighted by Crippen LogP contribution is 2.24. The van der Waals surface area contributed by atoms with Crippen molar-refractivity contribution < 1.29 is 14.2 Å². The van der Waals surface area contributed by atoms with Crippen LogP contribution in [0.1, 0.15) is 17.5 Å². The number of hydrogen-bond acceptors (Lipinski definition) is 4. The van der Waals surface area contributed by atoms with E-state index in [1.807, 2.05) is 43.4 Å². The molecule has 1 heterocycles. The number of nitrogens with zero attached hydrogens (tertiary/aromatic N) is 2. The summed E-state index contributed by atoms with van der Waals surface area (Å²) in [6.07, 6.45) is 1.11. The molecule has 0 saturated carbocycles. The van der Waals surface area contributed by atoms with Gasteiger partial charge in [-0.3, -0.25) is 4.99 Å². The van der Waals surface area contributed by atoms with Crippen molar-refractivity contribution in [1.82, 2.24) is 10.2 Å². The first-order valence-electron chi connectivity index (χ1n) is 10.7. The van der Waals surface area contributed by atoms with E-state index in [-0.39, 0.29) is 24.0 Å². The van der Waals surface area contributed by atoms with Crippen LogP contribution in [0, 0.1) is 5.92 Å². The molecule has 0 radical (unpaired) electrons. The summed E-state index contributed by atoms with van der Waals surface area (Å²) in [6.45, 7) is 5.12. The number of hydrogen-bond donors (Lipinski definition) is 1. The minimum Gasteiger partial charge on any atom is -0.487 e. The highest BCUT2D eigenvalue weighted by atomic mass is 127. The second-order valence-electron chi connectivity index (χ2n) is 7.56. The molecule has 6 nitrogen and oxygen atoms in total. The number of para-hydroxylation sites is 1. The van der Waals surface area contributed by atoms with Crippen molar-refractivity contribution in [2.24, 2.45) is 10.9 Å². The SMILES string of the molecule is CN=C(NCc1ccccc1COc1ccccc1Cl)N1CCC(COCCOC)C1.I. The molecule has 1 unspecified atom stereocenters. The number of methoxy groups -OCH3 is 1. The zero-order valence-corrected chi connectivity index (χ0v) is 21.8. The predicted octanol–water partition coefficient (Wildman–Crippen LogP) is 4.60.